The summed E-state index contributed by atoms with van der Waals surface area (Å²) in [6.07, 6.45) is 37.5. The van der Waals surface area contributed by atoms with Crippen molar-refractivity contribution in [1.82, 2.24) is 10.2 Å². The summed E-state index contributed by atoms with van der Waals surface area (Å²) in [5, 5.41) is 3.16. The molecule has 0 fully saturated rings. The van der Waals surface area contributed by atoms with Gasteiger partial charge in [0.15, 0.2) is 6.17 Å². The van der Waals surface area contributed by atoms with Crippen molar-refractivity contribution < 1.29 is 14.2 Å². The number of hydrogen-bond acceptors (Lipinski definition) is 3. The topological polar surface area (TPSA) is 52.4 Å². The first-order chi connectivity index (χ1) is 21.0. The van der Waals surface area contributed by atoms with Gasteiger partial charge in [0.25, 0.3) is 0 Å². The van der Waals surface area contributed by atoms with E-state index in [9.17, 15) is 9.59 Å². The predicted molar refractivity (Wildman–Crippen MR) is 186 cm³/mol. The van der Waals surface area contributed by atoms with Crippen LogP contribution in [0.5, 0.6) is 0 Å². The summed E-state index contributed by atoms with van der Waals surface area (Å²) in [6.45, 7) is 8.16. The molecule has 0 aromatic carbocycles. The van der Waals surface area contributed by atoms with Crippen LogP contribution in [0.4, 0.5) is 0 Å². The summed E-state index contributed by atoms with van der Waals surface area (Å²) in [4.78, 5) is 27.8. The van der Waals surface area contributed by atoms with Gasteiger partial charge in [0.1, 0.15) is 13.1 Å². The number of nitrogens with zero attached hydrogens (tertiary/aromatic N) is 2. The normalized spacial score (nSPS) is 14.5. The Labute approximate surface area is 267 Å². The Balaban J connectivity index is 2.14. The minimum atomic E-state index is -0.148. The van der Waals surface area contributed by atoms with Crippen LogP contribution in [0.15, 0.2) is 24.3 Å². The zero-order chi connectivity index (χ0) is 31.4. The molecule has 248 valence electrons. The molecule has 0 bridgehead atoms. The van der Waals surface area contributed by atoms with E-state index in [0.717, 1.165) is 44.6 Å². The Hall–Kier alpha value is -1.91. The number of rotatable bonds is 29. The van der Waals surface area contributed by atoms with E-state index >= 15 is 0 Å². The van der Waals surface area contributed by atoms with Crippen molar-refractivity contribution in [2.24, 2.45) is 0 Å². The fraction of sp³-hybridized carbons (Fsp3) is 0.816. The Morgan fingerprint density at radius 1 is 0.674 bits per heavy atom. The van der Waals surface area contributed by atoms with Gasteiger partial charge in [-0.2, -0.15) is 0 Å². The molecule has 1 rings (SSSR count). The lowest BCUT2D eigenvalue weighted by molar-refractivity contribution is -0.485. The molecule has 0 aromatic heterocycles. The van der Waals surface area contributed by atoms with Crippen LogP contribution in [0.2, 0.25) is 0 Å². The van der Waals surface area contributed by atoms with Crippen molar-refractivity contribution in [3.63, 3.8) is 0 Å². The average Bonchev–Trinajstić information content (AvgIpc) is 3.39. The number of amidine groups is 1. The molecule has 5 nitrogen and oxygen atoms in total. The largest absolute Gasteiger partial charge is 0.318 e. The molecule has 1 heterocycles. The molecule has 1 amide bonds. The van der Waals surface area contributed by atoms with Crippen molar-refractivity contribution in [3.8, 4) is 0 Å². The maximum atomic E-state index is 13.1. The van der Waals surface area contributed by atoms with Crippen molar-refractivity contribution in [2.75, 3.05) is 20.1 Å². The van der Waals surface area contributed by atoms with Gasteiger partial charge in [-0.05, 0) is 71.1 Å². The highest BCUT2D eigenvalue weighted by Crippen LogP contribution is 2.14. The summed E-state index contributed by atoms with van der Waals surface area (Å²) in [5.41, 5.74) is 0. The lowest BCUT2D eigenvalue weighted by Crippen LogP contribution is -2.50. The third-order valence-electron chi connectivity index (χ3n) is 8.73. The SMILES string of the molecule is CCCCCCC=CCCCCCCCC(=O)NC(C)N1CC[N+](C)=C1C(=O)CCCCCCCC=CCCCCCC. The molecule has 1 aliphatic rings. The van der Waals surface area contributed by atoms with Gasteiger partial charge in [0.05, 0.1) is 7.05 Å². The number of Topliss-reactive ketones (excluding diaryl/α,β-unsaturated/α-hetero) is 1. The van der Waals surface area contributed by atoms with E-state index in [4.69, 9.17) is 0 Å². The van der Waals surface area contributed by atoms with Gasteiger partial charge in [-0.15, -0.1) is 0 Å². The van der Waals surface area contributed by atoms with E-state index in [0.29, 0.717) is 12.8 Å². The average molecular weight is 601 g/mol. The van der Waals surface area contributed by atoms with E-state index < -0.39 is 0 Å². The monoisotopic (exact) mass is 601 g/mol. The summed E-state index contributed by atoms with van der Waals surface area (Å²) in [5.74, 6) is 1.11. The lowest BCUT2D eigenvalue weighted by Gasteiger charge is -2.21. The van der Waals surface area contributed by atoms with E-state index in [1.54, 1.807) is 0 Å². The molecule has 1 unspecified atom stereocenters. The molecule has 5 heteroatoms. The zero-order valence-electron chi connectivity index (χ0n) is 29.0. The van der Waals surface area contributed by atoms with E-state index in [2.05, 4.69) is 52.9 Å². The molecular weight excluding hydrogens is 530 g/mol. The van der Waals surface area contributed by atoms with Crippen molar-refractivity contribution in [3.05, 3.63) is 24.3 Å². The first-order valence-electron chi connectivity index (χ1n) is 18.5. The molecule has 0 aliphatic carbocycles. The van der Waals surface area contributed by atoms with E-state index in [1.165, 1.54) is 116 Å². The van der Waals surface area contributed by atoms with Gasteiger partial charge in [-0.3, -0.25) is 14.2 Å². The van der Waals surface area contributed by atoms with Gasteiger partial charge in [-0.25, -0.2) is 4.90 Å². The highest BCUT2D eigenvalue weighted by molar-refractivity contribution is 6.36. The standard InChI is InChI=1S/C38H69N3O2/c1-5-7-9-11-13-15-17-19-21-23-25-27-29-31-36(42)38-40(4)33-34-41(38)35(3)39-37(43)32-30-28-26-24-22-20-18-16-14-12-10-8-6-2/h15-18,35H,5-14,19-34H2,1-4H3/p+1. The zero-order valence-corrected chi connectivity index (χ0v) is 29.0. The first kappa shape index (κ1) is 39.1. The number of carbonyl (C=O) groups excluding carboxylic acids is 2. The van der Waals surface area contributed by atoms with Gasteiger partial charge < -0.3 is 5.32 Å². The van der Waals surface area contributed by atoms with E-state index in [1.807, 2.05) is 14.0 Å². The van der Waals surface area contributed by atoms with Crippen LogP contribution in [-0.4, -0.2) is 53.3 Å². The third-order valence-corrected chi connectivity index (χ3v) is 8.73. The molecule has 0 aromatic rings. The maximum absolute atomic E-state index is 13.1. The van der Waals surface area contributed by atoms with E-state index in [-0.39, 0.29) is 17.9 Å². The van der Waals surface area contributed by atoms with Gasteiger partial charge in [-0.1, -0.05) is 115 Å². The van der Waals surface area contributed by atoms with Crippen LogP contribution in [0.3, 0.4) is 0 Å². The molecule has 1 atom stereocenters. The molecular formula is C38H70N3O2+. The smallest absolute Gasteiger partial charge is 0.317 e. The van der Waals surface area contributed by atoms with Crippen LogP contribution < -0.4 is 5.32 Å². The van der Waals surface area contributed by atoms with Crippen molar-refractivity contribution in [2.45, 2.75) is 181 Å². The number of ketones is 1. The quantitative estimate of drug-likeness (QED) is 0.0528. The molecule has 0 radical (unpaired) electrons. The third kappa shape index (κ3) is 20.6. The van der Waals surface area contributed by atoms with Gasteiger partial charge in [0.2, 0.25) is 11.7 Å². The minimum Gasteiger partial charge on any atom is -0.318 e. The minimum absolute atomic E-state index is 0.103. The Bertz CT molecular complexity index is 801. The summed E-state index contributed by atoms with van der Waals surface area (Å²) in [7, 11) is 2.00. The number of carbonyl (C=O) groups is 2. The van der Waals surface area contributed by atoms with Gasteiger partial charge in [0, 0.05) is 12.8 Å². The second kappa shape index (κ2) is 27.6. The number of hydrogen-bond donors (Lipinski definition) is 1. The second-order valence-electron chi connectivity index (χ2n) is 12.9. The molecule has 1 N–H and O–H groups in total. The van der Waals surface area contributed by atoms with Crippen LogP contribution in [0.1, 0.15) is 175 Å². The maximum Gasteiger partial charge on any atom is 0.317 e. The Morgan fingerprint density at radius 2 is 1.09 bits per heavy atom. The Kier molecular flexibility index (Phi) is 25.1. The number of unbranched alkanes of at least 4 members (excludes halogenated alkanes) is 18. The highest BCUT2D eigenvalue weighted by Gasteiger charge is 2.37. The second-order valence-corrected chi connectivity index (χ2v) is 12.9. The fourth-order valence-corrected chi connectivity index (χ4v) is 5.94. The molecule has 0 saturated heterocycles. The van der Waals surface area contributed by atoms with Crippen LogP contribution in [0, 0.1) is 0 Å². The van der Waals surface area contributed by atoms with Crippen LogP contribution in [-0.2, 0) is 9.59 Å². The predicted octanol–water partition coefficient (Wildman–Crippen LogP) is 9.89. The molecule has 1 aliphatic heterocycles. The Morgan fingerprint density at radius 3 is 1.58 bits per heavy atom. The summed E-state index contributed by atoms with van der Waals surface area (Å²) >= 11 is 0. The number of nitrogens with one attached hydrogen (secondary N) is 1. The first-order valence-corrected chi connectivity index (χ1v) is 18.5. The fourth-order valence-electron chi connectivity index (χ4n) is 5.94. The van der Waals surface area contributed by atoms with Crippen molar-refractivity contribution >= 4 is 17.5 Å². The van der Waals surface area contributed by atoms with Crippen LogP contribution in [0.25, 0.3) is 0 Å². The number of amides is 1. The number of allylic oxidation sites excluding steroid dienone is 4. The highest BCUT2D eigenvalue weighted by atomic mass is 16.2. The van der Waals surface area contributed by atoms with Crippen LogP contribution >= 0.6 is 0 Å². The van der Waals surface area contributed by atoms with Gasteiger partial charge >= 0.3 is 5.84 Å². The lowest BCUT2D eigenvalue weighted by atomic mass is 10.1. The molecule has 0 saturated carbocycles. The molecule has 43 heavy (non-hydrogen) atoms. The van der Waals surface area contributed by atoms with Crippen molar-refractivity contribution in [1.29, 1.82) is 0 Å². The number of likely N-dealkylation sites (N-methyl/N-ethyl adjacent to an activating group) is 1. The summed E-state index contributed by atoms with van der Waals surface area (Å²) in [6, 6.07) is 0. The summed E-state index contributed by atoms with van der Waals surface area (Å²) < 4.78 is 2.07. The molecule has 0 spiro atoms.